The molecule has 2 unspecified atom stereocenters. The zero-order valence-corrected chi connectivity index (χ0v) is 16.7. The van der Waals surface area contributed by atoms with E-state index in [1.54, 1.807) is 12.3 Å². The average Bonchev–Trinajstić information content (AvgIpc) is 3.22. The molecule has 0 spiro atoms. The van der Waals surface area contributed by atoms with Crippen LogP contribution in [0.15, 0.2) is 29.5 Å². The normalized spacial score (nSPS) is 19.0. The summed E-state index contributed by atoms with van der Waals surface area (Å²) in [6.07, 6.45) is 3.75. The van der Waals surface area contributed by atoms with Crippen LogP contribution in [0.2, 0.25) is 0 Å². The van der Waals surface area contributed by atoms with Crippen molar-refractivity contribution in [1.82, 2.24) is 9.88 Å². The molecular weight excluding hydrogens is 377 g/mol. The molecule has 2 amide bonds. The van der Waals surface area contributed by atoms with Crippen molar-refractivity contribution < 1.29 is 18.7 Å². The van der Waals surface area contributed by atoms with Crippen LogP contribution in [0.1, 0.15) is 56.4 Å². The number of carbonyl (C=O) groups excluding carboxylic acids is 2. The van der Waals surface area contributed by atoms with Gasteiger partial charge in [0, 0.05) is 34.6 Å². The van der Waals surface area contributed by atoms with E-state index in [1.807, 2.05) is 25.3 Å². The Balaban J connectivity index is 1.75. The van der Waals surface area contributed by atoms with Crippen LogP contribution in [0.5, 0.6) is 0 Å². The molecule has 1 aliphatic carbocycles. The minimum Gasteiger partial charge on any atom is -0.444 e. The third-order valence-corrected chi connectivity index (χ3v) is 5.00. The number of fused-ring (bicyclic) bond motifs is 1. The Morgan fingerprint density at radius 2 is 2.14 bits per heavy atom. The Morgan fingerprint density at radius 1 is 1.38 bits per heavy atom. The molecule has 154 valence electrons. The first-order valence-electron chi connectivity index (χ1n) is 9.54. The van der Waals surface area contributed by atoms with Gasteiger partial charge in [0.25, 0.3) is 5.91 Å². The third-order valence-electron chi connectivity index (χ3n) is 5.00. The number of carbonyl (C=O) groups is 2. The summed E-state index contributed by atoms with van der Waals surface area (Å²) in [6.45, 7) is 5.94. The molecule has 1 N–H and O–H groups in total. The van der Waals surface area contributed by atoms with Gasteiger partial charge >= 0.3 is 6.09 Å². The lowest BCUT2D eigenvalue weighted by molar-refractivity contribution is 0.0519. The van der Waals surface area contributed by atoms with Crippen LogP contribution < -0.4 is 5.32 Å². The maximum atomic E-state index is 13.7. The second-order valence-electron chi connectivity index (χ2n) is 8.32. The van der Waals surface area contributed by atoms with Crippen molar-refractivity contribution in [1.29, 1.82) is 0 Å². The fourth-order valence-corrected chi connectivity index (χ4v) is 3.82. The monoisotopic (exact) mass is 401 g/mol. The van der Waals surface area contributed by atoms with E-state index in [2.05, 4.69) is 15.3 Å². The number of halogens is 1. The molecule has 0 saturated heterocycles. The summed E-state index contributed by atoms with van der Waals surface area (Å²) in [7, 11) is 0. The highest BCUT2D eigenvalue weighted by Crippen LogP contribution is 2.38. The number of azide groups is 1. The molecular formula is C20H24FN5O3. The third kappa shape index (κ3) is 4.86. The Labute approximate surface area is 167 Å². The van der Waals surface area contributed by atoms with Gasteiger partial charge in [-0.2, -0.15) is 0 Å². The van der Waals surface area contributed by atoms with Crippen molar-refractivity contribution in [3.05, 3.63) is 46.2 Å². The van der Waals surface area contributed by atoms with E-state index in [1.165, 1.54) is 12.1 Å². The molecule has 1 saturated carbocycles. The molecule has 3 rings (SSSR count). The van der Waals surface area contributed by atoms with E-state index in [0.717, 1.165) is 19.3 Å². The highest BCUT2D eigenvalue weighted by atomic mass is 19.1. The quantitative estimate of drug-likeness (QED) is 0.437. The number of rotatable bonds is 4. The van der Waals surface area contributed by atoms with Crippen LogP contribution in [0.25, 0.3) is 21.3 Å². The number of amides is 2. The second-order valence-corrected chi connectivity index (χ2v) is 8.32. The Bertz CT molecular complexity index is 988. The summed E-state index contributed by atoms with van der Waals surface area (Å²) in [5.74, 6) is -0.930. The summed E-state index contributed by atoms with van der Waals surface area (Å²) in [5.41, 5.74) is 8.92. The maximum Gasteiger partial charge on any atom is 0.407 e. The smallest absolute Gasteiger partial charge is 0.407 e. The van der Waals surface area contributed by atoms with Crippen LogP contribution in [0.4, 0.5) is 9.18 Å². The van der Waals surface area contributed by atoms with Gasteiger partial charge in [-0.05, 0) is 74.8 Å². The second kappa shape index (κ2) is 8.13. The molecule has 1 fully saturated rings. The van der Waals surface area contributed by atoms with E-state index in [4.69, 9.17) is 10.3 Å². The molecule has 8 nitrogen and oxygen atoms in total. The summed E-state index contributed by atoms with van der Waals surface area (Å²) in [5, 5.41) is 6.39. The van der Waals surface area contributed by atoms with Gasteiger partial charge in [0.05, 0.1) is 5.56 Å². The van der Waals surface area contributed by atoms with Crippen LogP contribution in [-0.2, 0) is 4.74 Å². The Morgan fingerprint density at radius 3 is 2.83 bits per heavy atom. The van der Waals surface area contributed by atoms with Gasteiger partial charge in [0.2, 0.25) is 0 Å². The van der Waals surface area contributed by atoms with E-state index in [-0.39, 0.29) is 17.5 Å². The number of aromatic nitrogens is 1. The first kappa shape index (κ1) is 20.7. The van der Waals surface area contributed by atoms with Crippen LogP contribution >= 0.6 is 0 Å². The minimum atomic E-state index is -0.733. The number of hydrogen-bond donors (Lipinski definition) is 1. The number of nitrogens with one attached hydrogen (secondary N) is 1. The number of alkyl carbamates (subject to hydrolysis) is 1. The first-order chi connectivity index (χ1) is 13.7. The van der Waals surface area contributed by atoms with Gasteiger partial charge in [0.1, 0.15) is 11.4 Å². The molecule has 1 aromatic heterocycles. The SMILES string of the molecule is CC(C)(C)OC(=O)NCC1CCC(n2cc(C(=O)N=[N+]=[N-])c3cc(F)ccc32)C1. The number of nitrogens with zero attached hydrogens (tertiary/aromatic N) is 4. The van der Waals surface area contributed by atoms with Crippen LogP contribution in [-0.4, -0.2) is 28.7 Å². The zero-order valence-electron chi connectivity index (χ0n) is 16.7. The molecule has 2 aromatic rings. The van der Waals surface area contributed by atoms with Gasteiger partial charge in [-0.3, -0.25) is 4.79 Å². The lowest BCUT2D eigenvalue weighted by atomic mass is 10.1. The zero-order chi connectivity index (χ0) is 21.2. The molecule has 1 aliphatic rings. The van der Waals surface area contributed by atoms with Gasteiger partial charge in [-0.25, -0.2) is 9.18 Å². The fraction of sp³-hybridized carbons (Fsp3) is 0.500. The average molecular weight is 401 g/mol. The summed E-state index contributed by atoms with van der Waals surface area (Å²) in [4.78, 5) is 26.5. The van der Waals surface area contributed by atoms with Crippen molar-refractivity contribution in [3.8, 4) is 0 Å². The number of benzene rings is 1. The highest BCUT2D eigenvalue weighted by Gasteiger charge is 2.29. The Hall–Kier alpha value is -3.06. The molecule has 0 bridgehead atoms. The minimum absolute atomic E-state index is 0.0982. The van der Waals surface area contributed by atoms with E-state index in [0.29, 0.717) is 17.4 Å². The van der Waals surface area contributed by atoms with Crippen molar-refractivity contribution >= 4 is 22.9 Å². The van der Waals surface area contributed by atoms with Crippen LogP contribution in [0, 0.1) is 11.7 Å². The van der Waals surface area contributed by atoms with Crippen molar-refractivity contribution in [3.63, 3.8) is 0 Å². The van der Waals surface area contributed by atoms with E-state index >= 15 is 0 Å². The molecule has 1 aromatic carbocycles. The molecule has 0 radical (unpaired) electrons. The standard InChI is InChI=1S/C20H24FN5O3/c1-20(2,3)29-19(28)23-10-12-4-6-14(8-12)26-11-16(18(27)24-25-22)15-9-13(21)5-7-17(15)26/h5,7,9,11-12,14H,4,6,8,10H2,1-3H3,(H,23,28). The van der Waals surface area contributed by atoms with Gasteiger partial charge in [0.15, 0.2) is 0 Å². The van der Waals surface area contributed by atoms with E-state index in [9.17, 15) is 14.0 Å². The van der Waals surface area contributed by atoms with Crippen molar-refractivity contribution in [2.24, 2.45) is 11.0 Å². The first-order valence-corrected chi connectivity index (χ1v) is 9.54. The summed E-state index contributed by atoms with van der Waals surface area (Å²) >= 11 is 0. The van der Waals surface area contributed by atoms with Gasteiger partial charge < -0.3 is 14.6 Å². The maximum absolute atomic E-state index is 13.7. The topological polar surface area (TPSA) is 109 Å². The van der Waals surface area contributed by atoms with Gasteiger partial charge in [-0.1, -0.05) is 0 Å². The number of ether oxygens (including phenoxy) is 1. The molecule has 29 heavy (non-hydrogen) atoms. The summed E-state index contributed by atoms with van der Waals surface area (Å²) in [6, 6.07) is 4.35. The Kier molecular flexibility index (Phi) is 5.79. The molecule has 9 heteroatoms. The lowest BCUT2D eigenvalue weighted by Gasteiger charge is -2.21. The largest absolute Gasteiger partial charge is 0.444 e. The summed E-state index contributed by atoms with van der Waals surface area (Å²) < 4.78 is 20.9. The molecule has 2 atom stereocenters. The highest BCUT2D eigenvalue weighted by molar-refractivity contribution is 6.07. The predicted molar refractivity (Wildman–Crippen MR) is 106 cm³/mol. The molecule has 0 aliphatic heterocycles. The van der Waals surface area contributed by atoms with E-state index < -0.39 is 23.4 Å². The van der Waals surface area contributed by atoms with Crippen molar-refractivity contribution in [2.45, 2.75) is 51.7 Å². The number of hydrogen-bond acceptors (Lipinski definition) is 3. The van der Waals surface area contributed by atoms with Crippen molar-refractivity contribution in [2.75, 3.05) is 6.54 Å². The fourth-order valence-electron chi connectivity index (χ4n) is 3.82. The molecule has 1 heterocycles. The van der Waals surface area contributed by atoms with Crippen LogP contribution in [0.3, 0.4) is 0 Å². The predicted octanol–water partition coefficient (Wildman–Crippen LogP) is 5.10. The lowest BCUT2D eigenvalue weighted by Crippen LogP contribution is -2.34. The van der Waals surface area contributed by atoms with Gasteiger partial charge in [-0.15, -0.1) is 0 Å².